The van der Waals surface area contributed by atoms with Crippen molar-refractivity contribution in [3.8, 4) is 34.5 Å². The molecule has 0 saturated carbocycles. The van der Waals surface area contributed by atoms with Crippen molar-refractivity contribution in [2.75, 3.05) is 26.4 Å². The van der Waals surface area contributed by atoms with Crippen molar-refractivity contribution in [2.24, 2.45) is 0 Å². The number of rotatable bonds is 22. The van der Waals surface area contributed by atoms with E-state index in [9.17, 15) is 10.2 Å². The highest BCUT2D eigenvalue weighted by atomic mass is 32.2. The Balaban J connectivity index is 2.32. The van der Waals surface area contributed by atoms with Crippen molar-refractivity contribution in [3.63, 3.8) is 0 Å². The van der Waals surface area contributed by atoms with E-state index in [0.717, 1.165) is 86.8 Å². The first-order valence-corrected chi connectivity index (χ1v) is 15.8. The Morgan fingerprint density at radius 2 is 0.718 bits per heavy atom. The number of phenols is 2. The molecule has 0 aliphatic carbocycles. The lowest BCUT2D eigenvalue weighted by Gasteiger charge is -2.17. The predicted molar refractivity (Wildman–Crippen MR) is 160 cm³/mol. The van der Waals surface area contributed by atoms with Gasteiger partial charge < -0.3 is 29.2 Å². The van der Waals surface area contributed by atoms with Crippen LogP contribution >= 0.6 is 11.8 Å². The Labute approximate surface area is 240 Å². The molecule has 0 atom stereocenters. The second kappa shape index (κ2) is 19.6. The third-order valence-corrected chi connectivity index (χ3v) is 7.23. The van der Waals surface area contributed by atoms with Crippen LogP contribution in [0.4, 0.5) is 0 Å². The summed E-state index contributed by atoms with van der Waals surface area (Å²) in [6.07, 6.45) is 12.4. The molecule has 0 aromatic heterocycles. The Kier molecular flexibility index (Phi) is 16.5. The largest absolute Gasteiger partial charge is 0.502 e. The molecule has 6 nitrogen and oxygen atoms in total. The molecule has 0 aliphatic heterocycles. The third-order valence-electron chi connectivity index (χ3n) is 6.28. The van der Waals surface area contributed by atoms with E-state index in [2.05, 4.69) is 27.7 Å². The molecule has 0 saturated heterocycles. The molecule has 39 heavy (non-hydrogen) atoms. The maximum Gasteiger partial charge on any atom is 0.200 e. The summed E-state index contributed by atoms with van der Waals surface area (Å²) in [5, 5.41) is 21.7. The average Bonchev–Trinajstić information content (AvgIpc) is 2.93. The minimum Gasteiger partial charge on any atom is -0.502 e. The summed E-state index contributed by atoms with van der Waals surface area (Å²) >= 11 is 1.49. The van der Waals surface area contributed by atoms with Gasteiger partial charge in [-0.1, -0.05) is 90.8 Å². The van der Waals surface area contributed by atoms with Crippen LogP contribution in [0.25, 0.3) is 0 Å². The number of ether oxygens (including phenoxy) is 4. The monoisotopic (exact) mass is 562 g/mol. The maximum absolute atomic E-state index is 10.9. The van der Waals surface area contributed by atoms with Gasteiger partial charge in [0.25, 0.3) is 0 Å². The standard InChI is InChI=1S/C32H50O6S/c1-5-9-13-17-35-27-21-25(22-28(31(27)33)36-18-14-10-6-2)39-26-23-29(37-19-15-11-7-3)32(34)30(24-26)38-20-16-12-8-4/h21-24,33-34H,5-20H2,1-4H3. The first kappa shape index (κ1) is 32.8. The van der Waals surface area contributed by atoms with Crippen LogP contribution in [0, 0.1) is 0 Å². The predicted octanol–water partition coefficient (Wildman–Crippen LogP) is 9.52. The normalized spacial score (nSPS) is 11.0. The quantitative estimate of drug-likeness (QED) is 0.138. The smallest absolute Gasteiger partial charge is 0.200 e. The second-order valence-electron chi connectivity index (χ2n) is 9.86. The fourth-order valence-electron chi connectivity index (χ4n) is 3.95. The van der Waals surface area contributed by atoms with Crippen LogP contribution in [0.2, 0.25) is 0 Å². The molecule has 0 aliphatic rings. The molecule has 0 amide bonds. The summed E-state index contributed by atoms with van der Waals surface area (Å²) in [6, 6.07) is 7.39. The first-order valence-electron chi connectivity index (χ1n) is 15.0. The summed E-state index contributed by atoms with van der Waals surface area (Å²) in [7, 11) is 0. The van der Waals surface area contributed by atoms with Crippen LogP contribution in [-0.2, 0) is 0 Å². The van der Waals surface area contributed by atoms with Gasteiger partial charge in [-0.25, -0.2) is 0 Å². The second-order valence-corrected chi connectivity index (χ2v) is 11.0. The molecule has 0 fully saturated rings. The van der Waals surface area contributed by atoms with Crippen LogP contribution in [0.15, 0.2) is 34.1 Å². The number of benzene rings is 2. The topological polar surface area (TPSA) is 77.4 Å². The van der Waals surface area contributed by atoms with Crippen LogP contribution in [0.3, 0.4) is 0 Å². The number of hydrogen-bond donors (Lipinski definition) is 2. The molecular weight excluding hydrogens is 512 g/mol. The van der Waals surface area contributed by atoms with Gasteiger partial charge in [0.2, 0.25) is 11.5 Å². The molecule has 2 rings (SSSR count). The fraction of sp³-hybridized carbons (Fsp3) is 0.625. The van der Waals surface area contributed by atoms with Gasteiger partial charge in [-0.15, -0.1) is 0 Å². The van der Waals surface area contributed by atoms with Gasteiger partial charge in [-0.3, -0.25) is 0 Å². The van der Waals surface area contributed by atoms with Gasteiger partial charge in [-0.2, -0.15) is 0 Å². The molecule has 7 heteroatoms. The van der Waals surface area contributed by atoms with Crippen LogP contribution in [0.1, 0.15) is 105 Å². The van der Waals surface area contributed by atoms with Crippen molar-refractivity contribution < 1.29 is 29.2 Å². The lowest BCUT2D eigenvalue weighted by molar-refractivity contribution is 0.264. The Bertz CT molecular complexity index is 807. The van der Waals surface area contributed by atoms with E-state index in [4.69, 9.17) is 18.9 Å². The Hall–Kier alpha value is -2.41. The summed E-state index contributed by atoms with van der Waals surface area (Å²) < 4.78 is 23.9. The summed E-state index contributed by atoms with van der Waals surface area (Å²) in [5.74, 6) is 1.77. The lowest BCUT2D eigenvalue weighted by atomic mass is 10.2. The van der Waals surface area contributed by atoms with Gasteiger partial charge >= 0.3 is 0 Å². The third kappa shape index (κ3) is 12.1. The molecule has 0 spiro atoms. The minimum atomic E-state index is 0.0398. The number of hydrogen-bond acceptors (Lipinski definition) is 7. The van der Waals surface area contributed by atoms with E-state index in [1.165, 1.54) is 11.8 Å². The van der Waals surface area contributed by atoms with Crippen molar-refractivity contribution in [1.82, 2.24) is 0 Å². The zero-order valence-electron chi connectivity index (χ0n) is 24.6. The van der Waals surface area contributed by atoms with Gasteiger partial charge in [0.15, 0.2) is 23.0 Å². The van der Waals surface area contributed by atoms with E-state index in [1.54, 1.807) is 0 Å². The number of unbranched alkanes of at least 4 members (excludes halogenated alkanes) is 8. The summed E-state index contributed by atoms with van der Waals surface area (Å²) in [5.41, 5.74) is 0. The van der Waals surface area contributed by atoms with Crippen LogP contribution in [-0.4, -0.2) is 36.6 Å². The SMILES string of the molecule is CCCCCOc1cc(Sc2cc(OCCCCC)c(O)c(OCCCCC)c2)cc(OCCCCC)c1O. The lowest BCUT2D eigenvalue weighted by Crippen LogP contribution is -2.02. The summed E-state index contributed by atoms with van der Waals surface area (Å²) in [4.78, 5) is 1.73. The highest BCUT2D eigenvalue weighted by Gasteiger charge is 2.17. The van der Waals surface area contributed by atoms with Crippen molar-refractivity contribution in [3.05, 3.63) is 24.3 Å². The maximum atomic E-state index is 10.9. The number of phenolic OH excluding ortho intramolecular Hbond substituents is 2. The molecule has 220 valence electrons. The molecule has 0 unspecified atom stereocenters. The van der Waals surface area contributed by atoms with Crippen molar-refractivity contribution in [1.29, 1.82) is 0 Å². The molecule has 0 radical (unpaired) electrons. The fourth-order valence-corrected chi connectivity index (χ4v) is 4.88. The highest BCUT2D eigenvalue weighted by molar-refractivity contribution is 7.99. The summed E-state index contributed by atoms with van der Waals surface area (Å²) in [6.45, 7) is 10.8. The Morgan fingerprint density at radius 3 is 0.949 bits per heavy atom. The molecule has 0 bridgehead atoms. The minimum absolute atomic E-state index is 0.0398. The van der Waals surface area contributed by atoms with E-state index in [1.807, 2.05) is 24.3 Å². The average molecular weight is 563 g/mol. The molecular formula is C32H50O6S. The van der Waals surface area contributed by atoms with Crippen LogP contribution in [0.5, 0.6) is 34.5 Å². The van der Waals surface area contributed by atoms with Crippen molar-refractivity contribution in [2.45, 2.75) is 115 Å². The van der Waals surface area contributed by atoms with Crippen molar-refractivity contribution >= 4 is 11.8 Å². The van der Waals surface area contributed by atoms with Gasteiger partial charge in [0.05, 0.1) is 26.4 Å². The first-order chi connectivity index (χ1) is 19.0. The zero-order chi connectivity index (χ0) is 28.3. The van der Waals surface area contributed by atoms with Crippen LogP contribution < -0.4 is 18.9 Å². The Morgan fingerprint density at radius 1 is 0.462 bits per heavy atom. The number of aromatic hydroxyl groups is 2. The highest BCUT2D eigenvalue weighted by Crippen LogP contribution is 2.46. The molecule has 2 aromatic rings. The zero-order valence-corrected chi connectivity index (χ0v) is 25.4. The van der Waals surface area contributed by atoms with E-state index in [-0.39, 0.29) is 11.5 Å². The molecule has 2 N–H and O–H groups in total. The van der Waals surface area contributed by atoms with E-state index < -0.39 is 0 Å². The molecule has 0 heterocycles. The van der Waals surface area contributed by atoms with Gasteiger partial charge in [0, 0.05) is 9.79 Å². The van der Waals surface area contributed by atoms with Gasteiger partial charge in [-0.05, 0) is 49.9 Å². The molecule has 2 aromatic carbocycles. The van der Waals surface area contributed by atoms with Gasteiger partial charge in [0.1, 0.15) is 0 Å². The van der Waals surface area contributed by atoms with E-state index in [0.29, 0.717) is 49.4 Å². The van der Waals surface area contributed by atoms with E-state index >= 15 is 0 Å².